The zero-order valence-corrected chi connectivity index (χ0v) is 15.6. The first-order valence-corrected chi connectivity index (χ1v) is 11.1. The predicted octanol–water partition coefficient (Wildman–Crippen LogP) is 4.16. The van der Waals surface area contributed by atoms with E-state index in [0.29, 0.717) is 23.3 Å². The monoisotopic (exact) mass is 324 g/mol. The Balaban J connectivity index is 5.39. The molecular formula is C17H28O4Si. The van der Waals surface area contributed by atoms with Crippen molar-refractivity contribution in [1.82, 2.24) is 0 Å². The second-order valence-corrected chi connectivity index (χ2v) is 11.2. The van der Waals surface area contributed by atoms with Crippen LogP contribution in [-0.2, 0) is 19.1 Å². The third kappa shape index (κ3) is 7.40. The van der Waals surface area contributed by atoms with E-state index in [9.17, 15) is 9.59 Å². The zero-order valence-electron chi connectivity index (χ0n) is 14.6. The molecule has 0 saturated carbocycles. The van der Waals surface area contributed by atoms with Gasteiger partial charge >= 0.3 is 11.9 Å². The number of allylic oxidation sites excluding steroid dienone is 1. The molecule has 0 unspecified atom stereocenters. The van der Waals surface area contributed by atoms with Crippen LogP contribution < -0.4 is 0 Å². The fourth-order valence-corrected chi connectivity index (χ4v) is 2.93. The van der Waals surface area contributed by atoms with E-state index in [4.69, 9.17) is 9.47 Å². The summed E-state index contributed by atoms with van der Waals surface area (Å²) >= 11 is 0. The third-order valence-corrected chi connectivity index (χ3v) is 4.10. The van der Waals surface area contributed by atoms with Gasteiger partial charge in [0, 0.05) is 6.42 Å². The number of carbonyl (C=O) groups excluding carboxylic acids is 2. The Morgan fingerprint density at radius 2 is 1.77 bits per heavy atom. The van der Waals surface area contributed by atoms with Gasteiger partial charge < -0.3 is 9.47 Å². The minimum absolute atomic E-state index is 0.334. The molecule has 0 spiro atoms. The van der Waals surface area contributed by atoms with Crippen molar-refractivity contribution in [2.45, 2.75) is 52.8 Å². The summed E-state index contributed by atoms with van der Waals surface area (Å²) in [4.78, 5) is 24.0. The molecule has 0 aromatic heterocycles. The van der Waals surface area contributed by atoms with Crippen molar-refractivity contribution in [3.05, 3.63) is 35.3 Å². The quantitative estimate of drug-likeness (QED) is 0.221. The standard InChI is InChI=1S/C17H28O4Si/c1-8-10-11-15(13(3)16(18)20-4)21-17(19)14(9-2)12-22(5,6)7/h9,12H,2,8,10-11H2,1,3-7H3. The highest BCUT2D eigenvalue weighted by Crippen LogP contribution is 2.18. The fraction of sp³-hybridized carbons (Fsp3) is 0.529. The first kappa shape index (κ1) is 20.4. The summed E-state index contributed by atoms with van der Waals surface area (Å²) in [5.74, 6) is -0.568. The highest BCUT2D eigenvalue weighted by molar-refractivity contribution is 6.81. The first-order valence-electron chi connectivity index (χ1n) is 7.51. The van der Waals surface area contributed by atoms with Gasteiger partial charge in [-0.15, -0.1) is 0 Å². The van der Waals surface area contributed by atoms with Gasteiger partial charge in [0.1, 0.15) is 5.76 Å². The highest BCUT2D eigenvalue weighted by Gasteiger charge is 2.19. The molecule has 0 aliphatic carbocycles. The smallest absolute Gasteiger partial charge is 0.342 e. The molecule has 0 radical (unpaired) electrons. The molecule has 0 N–H and O–H groups in total. The summed E-state index contributed by atoms with van der Waals surface area (Å²) in [5.41, 5.74) is 2.72. The number of methoxy groups -OCH3 is 1. The molecular weight excluding hydrogens is 296 g/mol. The molecule has 0 saturated heterocycles. The molecule has 0 rings (SSSR count). The number of esters is 2. The van der Waals surface area contributed by atoms with Gasteiger partial charge in [-0.2, -0.15) is 0 Å². The molecule has 0 atom stereocenters. The highest BCUT2D eigenvalue weighted by atomic mass is 28.3. The van der Waals surface area contributed by atoms with E-state index in [2.05, 4.69) is 26.2 Å². The molecule has 5 heteroatoms. The number of rotatable bonds is 8. The van der Waals surface area contributed by atoms with Crippen LogP contribution in [0.15, 0.2) is 35.3 Å². The van der Waals surface area contributed by atoms with Crippen molar-refractivity contribution in [1.29, 1.82) is 0 Å². The third-order valence-electron chi connectivity index (χ3n) is 2.93. The van der Waals surface area contributed by atoms with Crippen LogP contribution in [0.4, 0.5) is 0 Å². The average molecular weight is 324 g/mol. The Labute approximate surface area is 134 Å². The number of ether oxygens (including phenoxy) is 2. The van der Waals surface area contributed by atoms with E-state index >= 15 is 0 Å². The topological polar surface area (TPSA) is 52.6 Å². The van der Waals surface area contributed by atoms with E-state index < -0.39 is 20.0 Å². The second kappa shape index (κ2) is 9.41. The number of carbonyl (C=O) groups is 2. The Morgan fingerprint density at radius 1 is 1.18 bits per heavy atom. The van der Waals surface area contributed by atoms with Crippen LogP contribution >= 0.6 is 0 Å². The lowest BCUT2D eigenvalue weighted by molar-refractivity contribution is -0.137. The van der Waals surface area contributed by atoms with Crippen LogP contribution in [0.5, 0.6) is 0 Å². The van der Waals surface area contributed by atoms with Crippen LogP contribution in [0.25, 0.3) is 0 Å². The maximum absolute atomic E-state index is 12.3. The zero-order chi connectivity index (χ0) is 17.3. The number of hydrogen-bond donors (Lipinski definition) is 0. The van der Waals surface area contributed by atoms with E-state index in [1.165, 1.54) is 13.2 Å². The molecule has 124 valence electrons. The molecule has 0 aromatic carbocycles. The van der Waals surface area contributed by atoms with E-state index in [-0.39, 0.29) is 0 Å². The van der Waals surface area contributed by atoms with Crippen molar-refractivity contribution in [3.8, 4) is 0 Å². The molecule has 4 nitrogen and oxygen atoms in total. The SMILES string of the molecule is C=CC(=C[Si](C)(C)C)C(=O)OC(CCCC)=C(C)C(=O)OC. The molecule has 0 aromatic rings. The molecule has 0 bridgehead atoms. The van der Waals surface area contributed by atoms with Crippen molar-refractivity contribution in [2.75, 3.05) is 7.11 Å². The molecule has 22 heavy (non-hydrogen) atoms. The van der Waals surface area contributed by atoms with Gasteiger partial charge in [-0.1, -0.05) is 51.3 Å². The van der Waals surface area contributed by atoms with Crippen LogP contribution in [-0.4, -0.2) is 27.1 Å². The van der Waals surface area contributed by atoms with Crippen LogP contribution in [0, 0.1) is 0 Å². The maximum Gasteiger partial charge on any atom is 0.342 e. The normalized spacial score (nSPS) is 13.3. The summed E-state index contributed by atoms with van der Waals surface area (Å²) in [7, 11) is -0.267. The minimum atomic E-state index is -1.58. The van der Waals surface area contributed by atoms with Crippen molar-refractivity contribution in [3.63, 3.8) is 0 Å². The van der Waals surface area contributed by atoms with Crippen molar-refractivity contribution >= 4 is 20.0 Å². The fourth-order valence-electron chi connectivity index (χ4n) is 1.76. The summed E-state index contributed by atoms with van der Waals surface area (Å²) in [6.45, 7) is 13.7. The Morgan fingerprint density at radius 3 is 2.18 bits per heavy atom. The van der Waals surface area contributed by atoms with E-state index in [0.717, 1.165) is 12.8 Å². The van der Waals surface area contributed by atoms with Crippen molar-refractivity contribution in [2.24, 2.45) is 0 Å². The van der Waals surface area contributed by atoms with Gasteiger partial charge in [-0.3, -0.25) is 0 Å². The molecule has 0 fully saturated rings. The summed E-state index contributed by atoms with van der Waals surface area (Å²) in [5, 5.41) is 0. The lowest BCUT2D eigenvalue weighted by Crippen LogP contribution is -2.20. The van der Waals surface area contributed by atoms with E-state index in [1.54, 1.807) is 6.92 Å². The van der Waals surface area contributed by atoms with Gasteiger partial charge in [0.15, 0.2) is 0 Å². The van der Waals surface area contributed by atoms with Gasteiger partial charge in [-0.25, -0.2) is 9.59 Å². The van der Waals surface area contributed by atoms with Crippen molar-refractivity contribution < 1.29 is 19.1 Å². The second-order valence-electron chi connectivity index (χ2n) is 6.20. The molecule has 0 aliphatic heterocycles. The first-order chi connectivity index (χ1) is 10.2. The number of unbranched alkanes of at least 4 members (excludes halogenated alkanes) is 1. The molecule has 0 heterocycles. The maximum atomic E-state index is 12.3. The largest absolute Gasteiger partial charge is 0.466 e. The summed E-state index contributed by atoms with van der Waals surface area (Å²) in [6, 6.07) is 0. The predicted molar refractivity (Wildman–Crippen MR) is 92.0 cm³/mol. The summed E-state index contributed by atoms with van der Waals surface area (Å²) < 4.78 is 10.2. The van der Waals surface area contributed by atoms with Crippen LogP contribution in [0.2, 0.25) is 19.6 Å². The van der Waals surface area contributed by atoms with Crippen LogP contribution in [0.1, 0.15) is 33.1 Å². The Hall–Kier alpha value is -1.62. The van der Waals surface area contributed by atoms with Crippen LogP contribution in [0.3, 0.4) is 0 Å². The summed E-state index contributed by atoms with van der Waals surface area (Å²) in [6.07, 6.45) is 3.80. The Bertz CT molecular complexity index is 481. The molecule has 0 aliphatic rings. The lowest BCUT2D eigenvalue weighted by Gasteiger charge is -2.14. The Kier molecular flexibility index (Phi) is 8.71. The average Bonchev–Trinajstić information content (AvgIpc) is 2.46. The minimum Gasteiger partial charge on any atom is -0.466 e. The van der Waals surface area contributed by atoms with Gasteiger partial charge in [-0.05, 0) is 13.3 Å². The lowest BCUT2D eigenvalue weighted by atomic mass is 10.1. The van der Waals surface area contributed by atoms with Gasteiger partial charge in [0.05, 0.1) is 26.3 Å². The molecule has 0 amide bonds. The number of hydrogen-bond acceptors (Lipinski definition) is 4. The van der Waals surface area contributed by atoms with Gasteiger partial charge in [0.25, 0.3) is 0 Å². The van der Waals surface area contributed by atoms with E-state index in [1.807, 2.05) is 12.6 Å². The van der Waals surface area contributed by atoms with Gasteiger partial charge in [0.2, 0.25) is 0 Å².